The van der Waals surface area contributed by atoms with E-state index in [-0.39, 0.29) is 11.8 Å². The minimum atomic E-state index is 0.125. The Morgan fingerprint density at radius 2 is 2.24 bits per heavy atom. The summed E-state index contributed by atoms with van der Waals surface area (Å²) >= 11 is 1.71. The van der Waals surface area contributed by atoms with Crippen LogP contribution in [-0.4, -0.2) is 46.7 Å². The summed E-state index contributed by atoms with van der Waals surface area (Å²) in [6.07, 6.45) is 7.16. The molecule has 116 valence electrons. The van der Waals surface area contributed by atoms with Crippen LogP contribution in [-0.2, 0) is 11.3 Å². The van der Waals surface area contributed by atoms with Crippen LogP contribution in [0.1, 0.15) is 31.7 Å². The number of thioether (sulfide) groups is 1. The van der Waals surface area contributed by atoms with Crippen LogP contribution in [0.25, 0.3) is 0 Å². The van der Waals surface area contributed by atoms with Crippen molar-refractivity contribution >= 4 is 17.7 Å². The van der Waals surface area contributed by atoms with Gasteiger partial charge in [-0.3, -0.25) is 9.69 Å². The molecule has 1 saturated heterocycles. The van der Waals surface area contributed by atoms with E-state index in [2.05, 4.69) is 27.1 Å². The molecule has 0 aliphatic carbocycles. The van der Waals surface area contributed by atoms with Crippen molar-refractivity contribution in [2.45, 2.75) is 37.9 Å². The summed E-state index contributed by atoms with van der Waals surface area (Å²) < 4.78 is 0. The minimum absolute atomic E-state index is 0.125. The first-order valence-corrected chi connectivity index (χ1v) is 8.59. The Bertz CT molecular complexity index is 451. The summed E-state index contributed by atoms with van der Waals surface area (Å²) in [5.74, 6) is 1.35. The number of amides is 1. The summed E-state index contributed by atoms with van der Waals surface area (Å²) in [6.45, 7) is 4.80. The van der Waals surface area contributed by atoms with Gasteiger partial charge < -0.3 is 5.32 Å². The van der Waals surface area contributed by atoms with Gasteiger partial charge in [0.05, 0.1) is 5.92 Å². The van der Waals surface area contributed by atoms with E-state index in [1.165, 1.54) is 12.8 Å². The Morgan fingerprint density at radius 3 is 2.90 bits per heavy atom. The maximum absolute atomic E-state index is 11.6. The Balaban J connectivity index is 1.80. The summed E-state index contributed by atoms with van der Waals surface area (Å²) in [4.78, 5) is 22.7. The molecule has 0 spiro atoms. The molecular weight excluding hydrogens is 284 g/mol. The highest BCUT2D eigenvalue weighted by molar-refractivity contribution is 7.99. The number of likely N-dealkylation sites (tertiary alicyclic amines) is 1. The number of hydrogen-bond donors (Lipinski definition) is 1. The fourth-order valence-corrected chi connectivity index (χ4v) is 3.33. The molecule has 21 heavy (non-hydrogen) atoms. The summed E-state index contributed by atoms with van der Waals surface area (Å²) in [6, 6.07) is 0. The zero-order valence-electron chi connectivity index (χ0n) is 12.8. The van der Waals surface area contributed by atoms with Crippen LogP contribution in [0, 0.1) is 5.92 Å². The fraction of sp³-hybridized carbons (Fsp3) is 0.667. The molecule has 0 aromatic carbocycles. The maximum Gasteiger partial charge on any atom is 0.224 e. The van der Waals surface area contributed by atoms with Crippen molar-refractivity contribution in [3.63, 3.8) is 0 Å². The fourth-order valence-electron chi connectivity index (χ4n) is 2.46. The first kappa shape index (κ1) is 16.2. The van der Waals surface area contributed by atoms with Gasteiger partial charge in [-0.25, -0.2) is 9.97 Å². The molecule has 1 N–H and O–H groups in total. The Morgan fingerprint density at radius 1 is 1.48 bits per heavy atom. The van der Waals surface area contributed by atoms with Crippen molar-refractivity contribution in [3.8, 4) is 0 Å². The van der Waals surface area contributed by atoms with Gasteiger partial charge in [-0.2, -0.15) is 0 Å². The Kier molecular flexibility index (Phi) is 6.45. The summed E-state index contributed by atoms with van der Waals surface area (Å²) in [5.41, 5.74) is 1.12. The maximum atomic E-state index is 11.6. The molecule has 1 aliphatic rings. The predicted molar refractivity (Wildman–Crippen MR) is 85.1 cm³/mol. The van der Waals surface area contributed by atoms with Gasteiger partial charge in [0.2, 0.25) is 5.91 Å². The van der Waals surface area contributed by atoms with E-state index in [9.17, 15) is 4.79 Å². The van der Waals surface area contributed by atoms with Crippen LogP contribution < -0.4 is 5.32 Å². The van der Waals surface area contributed by atoms with Crippen LogP contribution in [0.4, 0.5) is 0 Å². The second-order valence-electron chi connectivity index (χ2n) is 5.41. The van der Waals surface area contributed by atoms with Crippen molar-refractivity contribution in [2.75, 3.05) is 25.9 Å². The van der Waals surface area contributed by atoms with E-state index in [1.807, 2.05) is 12.4 Å². The van der Waals surface area contributed by atoms with Crippen molar-refractivity contribution in [1.82, 2.24) is 20.2 Å². The standard InChI is InChI=1S/C15H24N4OS/c1-3-4-7-21-15-17-8-12(9-18-15)10-19-6-5-13(11-19)14(20)16-2/h8-9,13H,3-7,10-11H2,1-2H3,(H,16,20)/t13-/m0/s1. The third-order valence-electron chi connectivity index (χ3n) is 3.71. The second kappa shape index (κ2) is 8.34. The third-order valence-corrected chi connectivity index (χ3v) is 4.67. The molecule has 1 aromatic rings. The monoisotopic (exact) mass is 308 g/mol. The molecule has 1 aliphatic heterocycles. The highest BCUT2D eigenvalue weighted by Gasteiger charge is 2.27. The largest absolute Gasteiger partial charge is 0.359 e. The lowest BCUT2D eigenvalue weighted by molar-refractivity contribution is -0.124. The van der Waals surface area contributed by atoms with Crippen LogP contribution in [0.3, 0.4) is 0 Å². The van der Waals surface area contributed by atoms with Crippen molar-refractivity contribution in [1.29, 1.82) is 0 Å². The van der Waals surface area contributed by atoms with E-state index in [4.69, 9.17) is 0 Å². The molecule has 0 saturated carbocycles. The first-order valence-electron chi connectivity index (χ1n) is 7.60. The number of hydrogen-bond acceptors (Lipinski definition) is 5. The third kappa shape index (κ3) is 4.97. The van der Waals surface area contributed by atoms with Gasteiger partial charge in [-0.15, -0.1) is 0 Å². The molecule has 2 heterocycles. The average Bonchev–Trinajstić information content (AvgIpc) is 2.97. The molecule has 5 nitrogen and oxygen atoms in total. The number of nitrogens with zero attached hydrogens (tertiary/aromatic N) is 3. The van der Waals surface area contributed by atoms with Gasteiger partial charge in [-0.05, 0) is 19.4 Å². The SMILES string of the molecule is CCCCSc1ncc(CN2CC[C@H](C(=O)NC)C2)cn1. The molecule has 1 atom stereocenters. The summed E-state index contributed by atoms with van der Waals surface area (Å²) in [5, 5.41) is 3.59. The van der Waals surface area contributed by atoms with E-state index in [1.54, 1.807) is 18.8 Å². The molecule has 0 bridgehead atoms. The molecule has 0 unspecified atom stereocenters. The average molecular weight is 308 g/mol. The van der Waals surface area contributed by atoms with Gasteiger partial charge >= 0.3 is 0 Å². The highest BCUT2D eigenvalue weighted by atomic mass is 32.2. The van der Waals surface area contributed by atoms with E-state index < -0.39 is 0 Å². The number of aromatic nitrogens is 2. The van der Waals surface area contributed by atoms with E-state index in [0.29, 0.717) is 0 Å². The number of carbonyl (C=O) groups excluding carboxylic acids is 1. The number of unbranched alkanes of at least 4 members (excludes halogenated alkanes) is 1. The zero-order valence-corrected chi connectivity index (χ0v) is 13.7. The Labute approximate surface area is 130 Å². The molecular formula is C15H24N4OS. The normalized spacial score (nSPS) is 18.9. The zero-order chi connectivity index (χ0) is 15.1. The van der Waals surface area contributed by atoms with Gasteiger partial charge in [0.1, 0.15) is 0 Å². The predicted octanol–water partition coefficient (Wildman–Crippen LogP) is 1.94. The lowest BCUT2D eigenvalue weighted by Gasteiger charge is -2.15. The number of nitrogens with one attached hydrogen (secondary N) is 1. The van der Waals surface area contributed by atoms with Crippen LogP contribution in [0.5, 0.6) is 0 Å². The van der Waals surface area contributed by atoms with Gasteiger partial charge in [0, 0.05) is 43.8 Å². The van der Waals surface area contributed by atoms with Crippen molar-refractivity contribution in [2.24, 2.45) is 5.92 Å². The molecule has 0 radical (unpaired) electrons. The smallest absolute Gasteiger partial charge is 0.224 e. The van der Waals surface area contributed by atoms with Gasteiger partial charge in [-0.1, -0.05) is 25.1 Å². The molecule has 2 rings (SSSR count). The van der Waals surface area contributed by atoms with Crippen molar-refractivity contribution in [3.05, 3.63) is 18.0 Å². The topological polar surface area (TPSA) is 58.1 Å². The first-order chi connectivity index (χ1) is 10.2. The second-order valence-corrected chi connectivity index (χ2v) is 6.47. The number of rotatable bonds is 7. The van der Waals surface area contributed by atoms with Crippen molar-refractivity contribution < 1.29 is 4.79 Å². The number of carbonyl (C=O) groups is 1. The van der Waals surface area contributed by atoms with Gasteiger partial charge in [0.15, 0.2) is 5.16 Å². The molecule has 1 aromatic heterocycles. The lowest BCUT2D eigenvalue weighted by Crippen LogP contribution is -2.30. The van der Waals surface area contributed by atoms with E-state index in [0.717, 1.165) is 42.5 Å². The molecule has 1 amide bonds. The van der Waals surface area contributed by atoms with Crippen LogP contribution in [0.2, 0.25) is 0 Å². The summed E-state index contributed by atoms with van der Waals surface area (Å²) in [7, 11) is 1.70. The minimum Gasteiger partial charge on any atom is -0.359 e. The lowest BCUT2D eigenvalue weighted by atomic mass is 10.1. The van der Waals surface area contributed by atoms with E-state index >= 15 is 0 Å². The molecule has 6 heteroatoms. The Hall–Kier alpha value is -1.14. The quantitative estimate of drug-likeness (QED) is 0.474. The highest BCUT2D eigenvalue weighted by Crippen LogP contribution is 2.19. The van der Waals surface area contributed by atoms with Crippen LogP contribution in [0.15, 0.2) is 17.6 Å². The van der Waals surface area contributed by atoms with Gasteiger partial charge in [0.25, 0.3) is 0 Å². The molecule has 1 fully saturated rings. The van der Waals surface area contributed by atoms with Crippen LogP contribution >= 0.6 is 11.8 Å².